The van der Waals surface area contributed by atoms with Crippen molar-refractivity contribution >= 4 is 50.2 Å². The molecule has 0 aliphatic rings. The molecule has 0 atom stereocenters. The summed E-state index contributed by atoms with van der Waals surface area (Å²) in [5.74, 6) is -0.824. The van der Waals surface area contributed by atoms with E-state index in [9.17, 15) is 14.4 Å². The molecule has 2 aromatic carbocycles. The Morgan fingerprint density at radius 2 is 1.88 bits per heavy atom. The van der Waals surface area contributed by atoms with Gasteiger partial charge in [0.05, 0.1) is 11.3 Å². The van der Waals surface area contributed by atoms with Crippen molar-refractivity contribution in [3.05, 3.63) is 80.9 Å². The number of nitrogens with one attached hydrogen (secondary N) is 2. The summed E-state index contributed by atoms with van der Waals surface area (Å²) in [7, 11) is 1.68. The maximum Gasteiger partial charge on any atom is 0.266 e. The standard InChI is InChI=1S/C22H19BrN6O3/c1-13-6-5-7-14(10-13)25-21(31)15-8-3-4-9-16(15)26-17(30)11-29-12-24-20-18(22(29)32)19(23)27-28(20)2/h3-10,12H,11H2,1-2H3,(H,25,31)(H,26,30). The van der Waals surface area contributed by atoms with Crippen molar-refractivity contribution in [3.63, 3.8) is 0 Å². The zero-order valence-corrected chi connectivity index (χ0v) is 18.9. The molecule has 2 amide bonds. The summed E-state index contributed by atoms with van der Waals surface area (Å²) in [5, 5.41) is 9.96. The van der Waals surface area contributed by atoms with Crippen LogP contribution in [0.25, 0.3) is 11.0 Å². The lowest BCUT2D eigenvalue weighted by Gasteiger charge is -2.12. The zero-order chi connectivity index (χ0) is 22.8. The molecule has 0 saturated carbocycles. The Hall–Kier alpha value is -3.79. The Kier molecular flexibility index (Phi) is 5.87. The molecule has 4 rings (SSSR count). The largest absolute Gasteiger partial charge is 0.324 e. The number of anilines is 2. The summed E-state index contributed by atoms with van der Waals surface area (Å²) in [5.41, 5.74) is 2.34. The van der Waals surface area contributed by atoms with Crippen LogP contribution in [0.15, 0.2) is 64.3 Å². The van der Waals surface area contributed by atoms with E-state index in [1.54, 1.807) is 37.4 Å². The highest BCUT2D eigenvalue weighted by Crippen LogP contribution is 2.19. The van der Waals surface area contributed by atoms with E-state index >= 15 is 0 Å². The first kappa shape index (κ1) is 21.4. The molecule has 4 aromatic rings. The van der Waals surface area contributed by atoms with Gasteiger partial charge >= 0.3 is 0 Å². The van der Waals surface area contributed by atoms with Crippen molar-refractivity contribution in [1.82, 2.24) is 19.3 Å². The molecule has 2 aromatic heterocycles. The van der Waals surface area contributed by atoms with Gasteiger partial charge in [-0.1, -0.05) is 24.3 Å². The van der Waals surface area contributed by atoms with Gasteiger partial charge in [0.1, 0.15) is 22.9 Å². The predicted octanol–water partition coefficient (Wildman–Crippen LogP) is 3.09. The number of carbonyl (C=O) groups is 2. The number of fused-ring (bicyclic) bond motifs is 1. The summed E-state index contributed by atoms with van der Waals surface area (Å²) in [6.45, 7) is 1.67. The fourth-order valence-corrected chi connectivity index (χ4v) is 3.89. The van der Waals surface area contributed by atoms with Crippen LogP contribution in [0.3, 0.4) is 0 Å². The summed E-state index contributed by atoms with van der Waals surface area (Å²) < 4.78 is 3.04. The van der Waals surface area contributed by atoms with Gasteiger partial charge in [-0.15, -0.1) is 0 Å². The van der Waals surface area contributed by atoms with E-state index in [1.807, 2.05) is 25.1 Å². The molecule has 0 saturated heterocycles. The number of halogens is 1. The third-order valence-electron chi connectivity index (χ3n) is 4.80. The quantitative estimate of drug-likeness (QED) is 0.442. The lowest BCUT2D eigenvalue weighted by atomic mass is 10.1. The van der Waals surface area contributed by atoms with Gasteiger partial charge in [0.15, 0.2) is 5.65 Å². The molecule has 162 valence electrons. The highest BCUT2D eigenvalue weighted by Gasteiger charge is 2.17. The lowest BCUT2D eigenvalue weighted by Crippen LogP contribution is -2.28. The van der Waals surface area contributed by atoms with Crippen LogP contribution < -0.4 is 16.2 Å². The number of benzene rings is 2. The van der Waals surface area contributed by atoms with Gasteiger partial charge in [0.25, 0.3) is 11.5 Å². The van der Waals surface area contributed by atoms with Crippen molar-refractivity contribution < 1.29 is 9.59 Å². The van der Waals surface area contributed by atoms with E-state index in [1.165, 1.54) is 15.6 Å². The monoisotopic (exact) mass is 494 g/mol. The Labute approximate surface area is 191 Å². The summed E-state index contributed by atoms with van der Waals surface area (Å²) in [6, 6.07) is 14.1. The molecule has 0 spiro atoms. The van der Waals surface area contributed by atoms with E-state index < -0.39 is 11.5 Å². The number of nitrogens with zero attached hydrogens (tertiary/aromatic N) is 4. The second kappa shape index (κ2) is 8.75. The molecule has 0 bridgehead atoms. The molecule has 2 N–H and O–H groups in total. The molecule has 0 aliphatic carbocycles. The van der Waals surface area contributed by atoms with Gasteiger partial charge in [-0.25, -0.2) is 9.67 Å². The molecule has 0 fully saturated rings. The zero-order valence-electron chi connectivity index (χ0n) is 17.3. The fourth-order valence-electron chi connectivity index (χ4n) is 3.30. The van der Waals surface area contributed by atoms with Gasteiger partial charge in [0.2, 0.25) is 5.91 Å². The second-order valence-corrected chi connectivity index (χ2v) is 7.96. The fraction of sp³-hybridized carbons (Fsp3) is 0.136. The number of aromatic nitrogens is 4. The van der Waals surface area contributed by atoms with Crippen LogP contribution in [-0.4, -0.2) is 31.1 Å². The van der Waals surface area contributed by atoms with Gasteiger partial charge < -0.3 is 10.6 Å². The molecular formula is C22H19BrN6O3. The second-order valence-electron chi connectivity index (χ2n) is 7.21. The molecule has 9 nitrogen and oxygen atoms in total. The maximum atomic E-state index is 12.8. The van der Waals surface area contributed by atoms with E-state index in [-0.39, 0.29) is 12.5 Å². The normalized spacial score (nSPS) is 10.8. The van der Waals surface area contributed by atoms with Gasteiger partial charge in [-0.05, 0) is 52.7 Å². The van der Waals surface area contributed by atoms with Crippen LogP contribution in [0.2, 0.25) is 0 Å². The molecule has 2 heterocycles. The molecule has 10 heteroatoms. The molecule has 0 radical (unpaired) electrons. The van der Waals surface area contributed by atoms with Crippen molar-refractivity contribution in [1.29, 1.82) is 0 Å². The summed E-state index contributed by atoms with van der Waals surface area (Å²) in [4.78, 5) is 42.4. The van der Waals surface area contributed by atoms with E-state index in [0.717, 1.165) is 5.56 Å². The number of para-hydroxylation sites is 1. The van der Waals surface area contributed by atoms with E-state index in [0.29, 0.717) is 32.6 Å². The number of amides is 2. The molecular weight excluding hydrogens is 476 g/mol. The van der Waals surface area contributed by atoms with Crippen molar-refractivity contribution in [2.45, 2.75) is 13.5 Å². The topological polar surface area (TPSA) is 111 Å². The number of aryl methyl sites for hydroxylation is 2. The minimum atomic E-state index is -0.468. The first-order chi connectivity index (χ1) is 15.3. The minimum absolute atomic E-state index is 0.267. The number of carbonyl (C=O) groups excluding carboxylic acids is 2. The van der Waals surface area contributed by atoms with Crippen molar-refractivity contribution in [2.24, 2.45) is 7.05 Å². The summed E-state index contributed by atoms with van der Waals surface area (Å²) in [6.07, 6.45) is 1.30. The minimum Gasteiger partial charge on any atom is -0.324 e. The van der Waals surface area contributed by atoms with E-state index in [4.69, 9.17) is 0 Å². The van der Waals surface area contributed by atoms with Crippen molar-refractivity contribution in [2.75, 3.05) is 10.6 Å². The highest BCUT2D eigenvalue weighted by molar-refractivity contribution is 9.10. The van der Waals surface area contributed by atoms with Gasteiger partial charge in [-0.2, -0.15) is 5.10 Å². The average molecular weight is 495 g/mol. The van der Waals surface area contributed by atoms with Gasteiger partial charge in [-0.3, -0.25) is 19.0 Å². The van der Waals surface area contributed by atoms with Crippen LogP contribution >= 0.6 is 15.9 Å². The SMILES string of the molecule is Cc1cccc(NC(=O)c2ccccc2NC(=O)Cn2cnc3c(c(Br)nn3C)c2=O)c1. The third-order valence-corrected chi connectivity index (χ3v) is 5.36. The first-order valence-corrected chi connectivity index (χ1v) is 10.5. The number of hydrogen-bond acceptors (Lipinski definition) is 5. The Morgan fingerprint density at radius 3 is 2.66 bits per heavy atom. The third kappa shape index (κ3) is 4.30. The number of rotatable bonds is 5. The Balaban J connectivity index is 1.54. The first-order valence-electron chi connectivity index (χ1n) is 9.68. The average Bonchev–Trinajstić information content (AvgIpc) is 3.04. The molecule has 0 unspecified atom stereocenters. The highest BCUT2D eigenvalue weighted by atomic mass is 79.9. The van der Waals surface area contributed by atoms with Crippen LogP contribution in [-0.2, 0) is 18.4 Å². The predicted molar refractivity (Wildman–Crippen MR) is 125 cm³/mol. The Morgan fingerprint density at radius 1 is 1.09 bits per heavy atom. The van der Waals surface area contributed by atoms with Crippen LogP contribution in [0, 0.1) is 6.92 Å². The maximum absolute atomic E-state index is 12.8. The van der Waals surface area contributed by atoms with E-state index in [2.05, 4.69) is 36.6 Å². The number of hydrogen-bond donors (Lipinski definition) is 2. The molecule has 32 heavy (non-hydrogen) atoms. The lowest BCUT2D eigenvalue weighted by molar-refractivity contribution is -0.116. The molecule has 0 aliphatic heterocycles. The smallest absolute Gasteiger partial charge is 0.266 e. The Bertz CT molecular complexity index is 1410. The van der Waals surface area contributed by atoms with Gasteiger partial charge in [0, 0.05) is 12.7 Å². The van der Waals surface area contributed by atoms with Crippen LogP contribution in [0.5, 0.6) is 0 Å². The van der Waals surface area contributed by atoms with Crippen LogP contribution in [0.4, 0.5) is 11.4 Å². The van der Waals surface area contributed by atoms with Crippen LogP contribution in [0.1, 0.15) is 15.9 Å². The summed E-state index contributed by atoms with van der Waals surface area (Å²) >= 11 is 3.25. The van der Waals surface area contributed by atoms with Crippen molar-refractivity contribution in [3.8, 4) is 0 Å².